The molecule has 2 aromatic rings. The van der Waals surface area contributed by atoms with E-state index in [1.165, 1.54) is 28.7 Å². The summed E-state index contributed by atoms with van der Waals surface area (Å²) >= 11 is 0. The highest BCUT2D eigenvalue weighted by Crippen LogP contribution is 2.28. The second-order valence-electron chi connectivity index (χ2n) is 7.81. The molecule has 138 valence electrons. The summed E-state index contributed by atoms with van der Waals surface area (Å²) in [5, 5.41) is 3.44. The third-order valence-corrected chi connectivity index (χ3v) is 5.41. The zero-order valence-corrected chi connectivity index (χ0v) is 16.4. The van der Waals surface area contributed by atoms with Gasteiger partial charge in [-0.15, -0.1) is 0 Å². The van der Waals surface area contributed by atoms with Crippen LogP contribution < -0.4 is 5.32 Å². The molecule has 3 nitrogen and oxygen atoms in total. The molecule has 1 atom stereocenters. The third kappa shape index (κ3) is 3.99. The van der Waals surface area contributed by atoms with Crippen LogP contribution >= 0.6 is 0 Å². The summed E-state index contributed by atoms with van der Waals surface area (Å²) in [6.45, 7) is 8.06. The quantitative estimate of drug-likeness (QED) is 0.808. The first-order chi connectivity index (χ1) is 12.5. The van der Waals surface area contributed by atoms with Gasteiger partial charge in [-0.25, -0.2) is 0 Å². The number of nitrogens with one attached hydrogen (secondary N) is 1. The average Bonchev–Trinajstić information content (AvgIpc) is 3.07. The third-order valence-electron chi connectivity index (χ3n) is 5.41. The Morgan fingerprint density at radius 1 is 1.08 bits per heavy atom. The standard InChI is InChI=1S/C23H30N2O/c1-16(2)9-12-22(24-4)21-13-18(11-10-17(21)3)23(26)25-14-19-7-5-6-8-20(19)15-25/h5-8,10-11,13,16,22,24H,9,12,14-15H2,1-4H3. The fourth-order valence-electron chi connectivity index (χ4n) is 3.76. The molecule has 0 saturated heterocycles. The lowest BCUT2D eigenvalue weighted by Gasteiger charge is -2.22. The van der Waals surface area contributed by atoms with Gasteiger partial charge in [0, 0.05) is 24.7 Å². The number of carbonyl (C=O) groups excluding carboxylic acids is 1. The fraction of sp³-hybridized carbons (Fsp3) is 0.435. The van der Waals surface area contributed by atoms with Crippen LogP contribution in [0.2, 0.25) is 0 Å². The van der Waals surface area contributed by atoms with Crippen molar-refractivity contribution in [3.63, 3.8) is 0 Å². The molecule has 3 rings (SSSR count). The Hall–Kier alpha value is -2.13. The second kappa shape index (κ2) is 8.05. The maximum atomic E-state index is 13.1. The van der Waals surface area contributed by atoms with Gasteiger partial charge < -0.3 is 10.2 Å². The van der Waals surface area contributed by atoms with Crippen LogP contribution in [-0.4, -0.2) is 17.9 Å². The Morgan fingerprint density at radius 2 is 1.73 bits per heavy atom. The van der Waals surface area contributed by atoms with Crippen molar-refractivity contribution in [1.82, 2.24) is 10.2 Å². The van der Waals surface area contributed by atoms with Crippen LogP contribution in [0.15, 0.2) is 42.5 Å². The topological polar surface area (TPSA) is 32.3 Å². The molecule has 1 N–H and O–H groups in total. The lowest BCUT2D eigenvalue weighted by molar-refractivity contribution is 0.0751. The minimum atomic E-state index is 0.126. The number of hydrogen-bond donors (Lipinski definition) is 1. The van der Waals surface area contributed by atoms with Crippen LogP contribution in [0.5, 0.6) is 0 Å². The van der Waals surface area contributed by atoms with Crippen molar-refractivity contribution in [1.29, 1.82) is 0 Å². The summed E-state index contributed by atoms with van der Waals surface area (Å²) in [4.78, 5) is 15.0. The minimum Gasteiger partial charge on any atom is -0.330 e. The highest BCUT2D eigenvalue weighted by atomic mass is 16.2. The van der Waals surface area contributed by atoms with Crippen LogP contribution in [0.1, 0.15) is 65.3 Å². The predicted octanol–water partition coefficient (Wildman–Crippen LogP) is 4.85. The molecular formula is C23H30N2O. The van der Waals surface area contributed by atoms with Crippen LogP contribution in [0.25, 0.3) is 0 Å². The molecule has 2 aromatic carbocycles. The molecule has 0 saturated carbocycles. The van der Waals surface area contributed by atoms with Crippen molar-refractivity contribution in [3.8, 4) is 0 Å². The molecule has 0 radical (unpaired) electrons. The van der Waals surface area contributed by atoms with Gasteiger partial charge >= 0.3 is 0 Å². The number of aryl methyl sites for hydroxylation is 1. The van der Waals surface area contributed by atoms with Gasteiger partial charge in [-0.05, 0) is 67.1 Å². The van der Waals surface area contributed by atoms with E-state index >= 15 is 0 Å². The van der Waals surface area contributed by atoms with Crippen LogP contribution in [-0.2, 0) is 13.1 Å². The Balaban J connectivity index is 1.80. The van der Waals surface area contributed by atoms with Gasteiger partial charge in [0.1, 0.15) is 0 Å². The van der Waals surface area contributed by atoms with E-state index < -0.39 is 0 Å². The number of benzene rings is 2. The SMILES string of the molecule is CNC(CCC(C)C)c1cc(C(=O)N2Cc3ccccc3C2)ccc1C. The van der Waals surface area contributed by atoms with Crippen molar-refractivity contribution < 1.29 is 4.79 Å². The van der Waals surface area contributed by atoms with Crippen molar-refractivity contribution in [2.75, 3.05) is 7.05 Å². The smallest absolute Gasteiger partial charge is 0.254 e. The molecule has 1 aliphatic heterocycles. The van der Waals surface area contributed by atoms with E-state index in [0.29, 0.717) is 25.0 Å². The number of hydrogen-bond acceptors (Lipinski definition) is 2. The van der Waals surface area contributed by atoms with Crippen LogP contribution in [0, 0.1) is 12.8 Å². The maximum Gasteiger partial charge on any atom is 0.254 e. The van der Waals surface area contributed by atoms with E-state index in [1.54, 1.807) is 0 Å². The van der Waals surface area contributed by atoms with E-state index in [9.17, 15) is 4.79 Å². The van der Waals surface area contributed by atoms with Gasteiger partial charge in [0.05, 0.1) is 0 Å². The van der Waals surface area contributed by atoms with E-state index in [0.717, 1.165) is 12.0 Å². The largest absolute Gasteiger partial charge is 0.330 e. The number of amides is 1. The molecule has 26 heavy (non-hydrogen) atoms. The molecule has 0 aliphatic carbocycles. The fourth-order valence-corrected chi connectivity index (χ4v) is 3.76. The van der Waals surface area contributed by atoms with Gasteiger partial charge in [-0.1, -0.05) is 44.2 Å². The van der Waals surface area contributed by atoms with E-state index in [-0.39, 0.29) is 5.91 Å². The van der Waals surface area contributed by atoms with Crippen molar-refractivity contribution in [3.05, 3.63) is 70.3 Å². The average molecular weight is 351 g/mol. The van der Waals surface area contributed by atoms with Crippen LogP contribution in [0.4, 0.5) is 0 Å². The Bertz CT molecular complexity index is 757. The molecule has 3 heteroatoms. The van der Waals surface area contributed by atoms with Crippen molar-refractivity contribution in [2.45, 2.75) is 52.7 Å². The summed E-state index contributed by atoms with van der Waals surface area (Å²) < 4.78 is 0. The minimum absolute atomic E-state index is 0.126. The number of fused-ring (bicyclic) bond motifs is 1. The second-order valence-corrected chi connectivity index (χ2v) is 7.81. The number of carbonyl (C=O) groups is 1. The van der Waals surface area contributed by atoms with Gasteiger partial charge in [0.15, 0.2) is 0 Å². The zero-order chi connectivity index (χ0) is 18.7. The maximum absolute atomic E-state index is 13.1. The summed E-state index contributed by atoms with van der Waals surface area (Å²) in [6, 6.07) is 14.8. The van der Waals surface area contributed by atoms with Crippen LogP contribution in [0.3, 0.4) is 0 Å². The van der Waals surface area contributed by atoms with Gasteiger partial charge in [0.25, 0.3) is 5.91 Å². The first-order valence-electron chi connectivity index (χ1n) is 9.63. The Morgan fingerprint density at radius 3 is 2.31 bits per heavy atom. The molecule has 0 aromatic heterocycles. The van der Waals surface area contributed by atoms with Crippen molar-refractivity contribution >= 4 is 5.91 Å². The van der Waals surface area contributed by atoms with Gasteiger partial charge in [0.2, 0.25) is 0 Å². The molecule has 1 heterocycles. The van der Waals surface area contributed by atoms with E-state index in [2.05, 4.69) is 50.4 Å². The molecule has 1 unspecified atom stereocenters. The summed E-state index contributed by atoms with van der Waals surface area (Å²) in [7, 11) is 2.01. The Kier molecular flexibility index (Phi) is 5.77. The van der Waals surface area contributed by atoms with Gasteiger partial charge in [-0.2, -0.15) is 0 Å². The Labute approximate surface area is 157 Å². The predicted molar refractivity (Wildman–Crippen MR) is 107 cm³/mol. The monoisotopic (exact) mass is 350 g/mol. The van der Waals surface area contributed by atoms with E-state index in [1.807, 2.05) is 30.1 Å². The molecular weight excluding hydrogens is 320 g/mol. The number of rotatable bonds is 6. The molecule has 0 fully saturated rings. The lowest BCUT2D eigenvalue weighted by atomic mass is 9.93. The highest BCUT2D eigenvalue weighted by Gasteiger charge is 2.24. The molecule has 0 spiro atoms. The van der Waals surface area contributed by atoms with Gasteiger partial charge in [-0.3, -0.25) is 4.79 Å². The first kappa shape index (κ1) is 18.7. The summed E-state index contributed by atoms with van der Waals surface area (Å²) in [6.07, 6.45) is 2.26. The first-order valence-corrected chi connectivity index (χ1v) is 9.63. The summed E-state index contributed by atoms with van der Waals surface area (Å²) in [5.41, 5.74) is 5.81. The highest BCUT2D eigenvalue weighted by molar-refractivity contribution is 5.94. The zero-order valence-electron chi connectivity index (χ0n) is 16.4. The molecule has 1 amide bonds. The lowest BCUT2D eigenvalue weighted by Crippen LogP contribution is -2.26. The van der Waals surface area contributed by atoms with E-state index in [4.69, 9.17) is 0 Å². The number of nitrogens with zero attached hydrogens (tertiary/aromatic N) is 1. The van der Waals surface area contributed by atoms with Crippen molar-refractivity contribution in [2.24, 2.45) is 5.92 Å². The molecule has 0 bridgehead atoms. The molecule has 1 aliphatic rings. The summed E-state index contributed by atoms with van der Waals surface area (Å²) in [5.74, 6) is 0.806. The normalized spacial score (nSPS) is 14.6.